The summed E-state index contributed by atoms with van der Waals surface area (Å²) < 4.78 is 1.50. The van der Waals surface area contributed by atoms with Gasteiger partial charge in [-0.25, -0.2) is 0 Å². The molecule has 23 heavy (non-hydrogen) atoms. The van der Waals surface area contributed by atoms with Crippen LogP contribution in [0, 0.1) is 0 Å². The Bertz CT molecular complexity index is 479. The maximum atomic E-state index is 12.4. The SMILES string of the molecule is CCCCCCC(=O)c1sc(C(=O)CCCCCC)c(Br)c1Br. The molecular formula is C18H26Br2O2S. The van der Waals surface area contributed by atoms with Crippen LogP contribution < -0.4 is 0 Å². The number of thiophene rings is 1. The van der Waals surface area contributed by atoms with Gasteiger partial charge in [0.25, 0.3) is 0 Å². The predicted octanol–water partition coefficient (Wildman–Crippen LogP) is 7.58. The van der Waals surface area contributed by atoms with Gasteiger partial charge in [-0.15, -0.1) is 11.3 Å². The summed E-state index contributed by atoms with van der Waals surface area (Å²) in [7, 11) is 0. The molecule has 130 valence electrons. The second-order valence-electron chi connectivity index (χ2n) is 5.86. The van der Waals surface area contributed by atoms with E-state index in [1.165, 1.54) is 37.0 Å². The number of hydrogen-bond acceptors (Lipinski definition) is 3. The van der Waals surface area contributed by atoms with Crippen LogP contribution in [0.5, 0.6) is 0 Å². The van der Waals surface area contributed by atoms with Crippen molar-refractivity contribution in [3.8, 4) is 0 Å². The number of carbonyl (C=O) groups is 2. The lowest BCUT2D eigenvalue weighted by molar-refractivity contribution is 0.0975. The minimum atomic E-state index is 0.142. The average Bonchev–Trinajstić information content (AvgIpc) is 2.84. The molecule has 0 N–H and O–H groups in total. The quantitative estimate of drug-likeness (QED) is 0.235. The zero-order valence-corrected chi connectivity index (χ0v) is 18.0. The molecule has 0 aromatic carbocycles. The Morgan fingerprint density at radius 2 is 1.13 bits per heavy atom. The van der Waals surface area contributed by atoms with E-state index in [1.54, 1.807) is 0 Å². The van der Waals surface area contributed by atoms with E-state index in [-0.39, 0.29) is 11.6 Å². The lowest BCUT2D eigenvalue weighted by Gasteiger charge is -1.99. The first kappa shape index (κ1) is 21.0. The molecule has 2 nitrogen and oxygen atoms in total. The zero-order chi connectivity index (χ0) is 17.2. The van der Waals surface area contributed by atoms with E-state index in [4.69, 9.17) is 0 Å². The first-order chi connectivity index (χ1) is 11.0. The first-order valence-electron chi connectivity index (χ1n) is 8.57. The molecular weight excluding hydrogens is 440 g/mol. The maximum absolute atomic E-state index is 12.4. The van der Waals surface area contributed by atoms with Gasteiger partial charge in [0, 0.05) is 12.8 Å². The monoisotopic (exact) mass is 464 g/mol. The Morgan fingerprint density at radius 3 is 1.48 bits per heavy atom. The molecule has 1 aromatic heterocycles. The van der Waals surface area contributed by atoms with Crippen LogP contribution in [0.25, 0.3) is 0 Å². The topological polar surface area (TPSA) is 34.1 Å². The van der Waals surface area contributed by atoms with Crippen LogP contribution in [0.1, 0.15) is 97.4 Å². The molecule has 1 heterocycles. The van der Waals surface area contributed by atoms with Crippen LogP contribution in [0.2, 0.25) is 0 Å². The third kappa shape index (κ3) is 6.79. The highest BCUT2D eigenvalue weighted by molar-refractivity contribution is 9.13. The van der Waals surface area contributed by atoms with E-state index >= 15 is 0 Å². The summed E-state index contributed by atoms with van der Waals surface area (Å²) >= 11 is 8.29. The summed E-state index contributed by atoms with van der Waals surface area (Å²) in [4.78, 5) is 26.1. The van der Waals surface area contributed by atoms with Gasteiger partial charge in [0.2, 0.25) is 0 Å². The Labute approximate surface area is 160 Å². The van der Waals surface area contributed by atoms with Crippen molar-refractivity contribution in [2.45, 2.75) is 78.1 Å². The molecule has 0 unspecified atom stereocenters. The van der Waals surface area contributed by atoms with Gasteiger partial charge in [-0.3, -0.25) is 9.59 Å². The van der Waals surface area contributed by atoms with Gasteiger partial charge in [0.15, 0.2) is 11.6 Å². The molecule has 5 heteroatoms. The van der Waals surface area contributed by atoms with Gasteiger partial charge in [0.1, 0.15) is 0 Å². The minimum Gasteiger partial charge on any atom is -0.293 e. The Morgan fingerprint density at radius 1 is 0.739 bits per heavy atom. The van der Waals surface area contributed by atoms with Gasteiger partial charge >= 0.3 is 0 Å². The number of unbranched alkanes of at least 4 members (excludes halogenated alkanes) is 6. The van der Waals surface area contributed by atoms with Crippen molar-refractivity contribution in [3.05, 3.63) is 18.7 Å². The molecule has 0 atom stereocenters. The first-order valence-corrected chi connectivity index (χ1v) is 11.0. The standard InChI is InChI=1S/C18H26Br2O2S/c1-3-5-7-9-11-13(21)17-15(19)16(20)18(23-17)14(22)12-10-8-6-4-2/h3-12H2,1-2H3. The van der Waals surface area contributed by atoms with Crippen molar-refractivity contribution >= 4 is 54.8 Å². The van der Waals surface area contributed by atoms with Gasteiger partial charge in [-0.05, 0) is 44.7 Å². The summed E-state index contributed by atoms with van der Waals surface area (Å²) in [6.45, 7) is 4.32. The van der Waals surface area contributed by atoms with Crippen LogP contribution in [0.4, 0.5) is 0 Å². The summed E-state index contributed by atoms with van der Waals surface area (Å²) in [6.07, 6.45) is 9.84. The fourth-order valence-corrected chi connectivity index (χ4v) is 5.01. The van der Waals surface area contributed by atoms with Crippen molar-refractivity contribution in [2.24, 2.45) is 0 Å². The average molecular weight is 466 g/mol. The molecule has 0 aliphatic heterocycles. The normalized spacial score (nSPS) is 11.0. The molecule has 0 amide bonds. The number of halogens is 2. The van der Waals surface area contributed by atoms with Crippen molar-refractivity contribution in [3.63, 3.8) is 0 Å². The van der Waals surface area contributed by atoms with Gasteiger partial charge < -0.3 is 0 Å². The summed E-state index contributed by atoms with van der Waals surface area (Å²) in [5, 5.41) is 0. The lowest BCUT2D eigenvalue weighted by Crippen LogP contribution is -1.97. The molecule has 0 spiro atoms. The van der Waals surface area contributed by atoms with Crippen LogP contribution in [-0.4, -0.2) is 11.6 Å². The second-order valence-corrected chi connectivity index (χ2v) is 8.46. The zero-order valence-electron chi connectivity index (χ0n) is 14.1. The number of ketones is 2. The predicted molar refractivity (Wildman–Crippen MR) is 106 cm³/mol. The molecule has 0 saturated heterocycles. The van der Waals surface area contributed by atoms with E-state index in [2.05, 4.69) is 45.7 Å². The van der Waals surface area contributed by atoms with Crippen LogP contribution in [0.15, 0.2) is 8.95 Å². The van der Waals surface area contributed by atoms with Crippen LogP contribution in [0.3, 0.4) is 0 Å². The Balaban J connectivity index is 2.66. The van der Waals surface area contributed by atoms with E-state index in [1.807, 2.05) is 0 Å². The summed E-state index contributed by atoms with van der Waals surface area (Å²) in [5.74, 6) is 0.285. The van der Waals surface area contributed by atoms with Gasteiger partial charge in [0.05, 0.1) is 18.7 Å². The molecule has 0 aliphatic rings. The fraction of sp³-hybridized carbons (Fsp3) is 0.667. The second kappa shape index (κ2) is 11.5. The number of carbonyl (C=O) groups excluding carboxylic acids is 2. The van der Waals surface area contributed by atoms with Crippen molar-refractivity contribution in [1.29, 1.82) is 0 Å². The van der Waals surface area contributed by atoms with E-state index < -0.39 is 0 Å². The summed E-state index contributed by atoms with van der Waals surface area (Å²) in [6, 6.07) is 0. The van der Waals surface area contributed by atoms with Crippen LogP contribution >= 0.6 is 43.2 Å². The maximum Gasteiger partial charge on any atom is 0.174 e. The highest BCUT2D eigenvalue weighted by Gasteiger charge is 2.23. The molecule has 0 saturated carbocycles. The summed E-state index contributed by atoms with van der Waals surface area (Å²) in [5.41, 5.74) is 0. The third-order valence-electron chi connectivity index (χ3n) is 3.82. The number of Topliss-reactive ketones (excluding diaryl/α,β-unsaturated/α-hetero) is 2. The van der Waals surface area contributed by atoms with Gasteiger partial charge in [-0.2, -0.15) is 0 Å². The van der Waals surface area contributed by atoms with E-state index in [0.717, 1.165) is 34.6 Å². The number of hydrogen-bond donors (Lipinski definition) is 0. The Kier molecular flexibility index (Phi) is 10.6. The molecule has 1 aromatic rings. The van der Waals surface area contributed by atoms with Crippen molar-refractivity contribution in [2.75, 3.05) is 0 Å². The lowest BCUT2D eigenvalue weighted by atomic mass is 10.1. The molecule has 0 fully saturated rings. The third-order valence-corrected chi connectivity index (χ3v) is 7.73. The highest BCUT2D eigenvalue weighted by atomic mass is 79.9. The van der Waals surface area contributed by atoms with E-state index in [9.17, 15) is 9.59 Å². The molecule has 0 radical (unpaired) electrons. The van der Waals surface area contributed by atoms with E-state index in [0.29, 0.717) is 22.6 Å². The molecule has 0 aliphatic carbocycles. The Hall–Kier alpha value is 0. The fourth-order valence-electron chi connectivity index (χ4n) is 2.40. The highest BCUT2D eigenvalue weighted by Crippen LogP contribution is 2.39. The van der Waals surface area contributed by atoms with Gasteiger partial charge in [-0.1, -0.05) is 52.4 Å². The molecule has 0 bridgehead atoms. The van der Waals surface area contributed by atoms with Crippen LogP contribution in [-0.2, 0) is 0 Å². The van der Waals surface area contributed by atoms with Crippen molar-refractivity contribution < 1.29 is 9.59 Å². The molecule has 1 rings (SSSR count). The largest absolute Gasteiger partial charge is 0.293 e. The van der Waals surface area contributed by atoms with Crippen molar-refractivity contribution in [1.82, 2.24) is 0 Å². The minimum absolute atomic E-state index is 0.142. The number of rotatable bonds is 12. The smallest absolute Gasteiger partial charge is 0.174 e.